The smallest absolute Gasteiger partial charge is 0.335 e. The molecule has 1 fully saturated rings. The zero-order valence-corrected chi connectivity index (χ0v) is 12.2. The van der Waals surface area contributed by atoms with Gasteiger partial charge in [0, 0.05) is 12.1 Å². The summed E-state index contributed by atoms with van der Waals surface area (Å²) in [7, 11) is 0. The van der Waals surface area contributed by atoms with Gasteiger partial charge in [0.1, 0.15) is 5.82 Å². The molecule has 3 nitrogen and oxygen atoms in total. The van der Waals surface area contributed by atoms with Crippen molar-refractivity contribution in [2.45, 2.75) is 39.7 Å². The SMILES string of the molecule is CCC1(C)CCN(Cc2ccc(C(=O)O)cc2F)CC1. The van der Waals surface area contributed by atoms with Crippen molar-refractivity contribution in [1.82, 2.24) is 4.90 Å². The second-order valence-electron chi connectivity index (χ2n) is 6.05. The molecule has 1 aromatic carbocycles. The topological polar surface area (TPSA) is 40.5 Å². The Bertz CT molecular complexity index is 493. The van der Waals surface area contributed by atoms with Crippen molar-refractivity contribution in [2.75, 3.05) is 13.1 Å². The molecule has 1 saturated heterocycles. The van der Waals surface area contributed by atoms with Crippen molar-refractivity contribution in [3.05, 3.63) is 35.1 Å². The molecular weight excluding hydrogens is 257 g/mol. The van der Waals surface area contributed by atoms with Gasteiger partial charge in [-0.05, 0) is 43.5 Å². The van der Waals surface area contributed by atoms with E-state index in [0.717, 1.165) is 32.0 Å². The number of hydrogen-bond donors (Lipinski definition) is 1. The van der Waals surface area contributed by atoms with Gasteiger partial charge in [-0.25, -0.2) is 9.18 Å². The molecule has 0 saturated carbocycles. The molecule has 0 amide bonds. The van der Waals surface area contributed by atoms with Gasteiger partial charge in [-0.1, -0.05) is 26.3 Å². The molecule has 1 heterocycles. The fourth-order valence-corrected chi connectivity index (χ4v) is 2.65. The highest BCUT2D eigenvalue weighted by atomic mass is 19.1. The fourth-order valence-electron chi connectivity index (χ4n) is 2.65. The normalized spacial score (nSPS) is 18.9. The number of halogens is 1. The van der Waals surface area contributed by atoms with Crippen molar-refractivity contribution in [2.24, 2.45) is 5.41 Å². The molecule has 0 radical (unpaired) electrons. The Hall–Kier alpha value is -1.42. The highest BCUT2D eigenvalue weighted by Crippen LogP contribution is 2.34. The lowest BCUT2D eigenvalue weighted by molar-refractivity contribution is 0.0696. The predicted octanol–water partition coefficient (Wildman–Crippen LogP) is 3.54. The van der Waals surface area contributed by atoms with Crippen molar-refractivity contribution < 1.29 is 14.3 Å². The highest BCUT2D eigenvalue weighted by molar-refractivity contribution is 5.87. The van der Waals surface area contributed by atoms with E-state index in [1.807, 2.05) is 0 Å². The Morgan fingerprint density at radius 1 is 1.40 bits per heavy atom. The van der Waals surface area contributed by atoms with E-state index in [4.69, 9.17) is 5.11 Å². The van der Waals surface area contributed by atoms with E-state index in [2.05, 4.69) is 18.7 Å². The summed E-state index contributed by atoms with van der Waals surface area (Å²) in [4.78, 5) is 13.0. The van der Waals surface area contributed by atoms with E-state index in [1.165, 1.54) is 12.5 Å². The standard InChI is InChI=1S/C16H22FNO2/c1-3-16(2)6-8-18(9-7-16)11-13-5-4-12(15(19)20)10-14(13)17/h4-5,10H,3,6-9,11H2,1-2H3,(H,19,20). The number of likely N-dealkylation sites (tertiary alicyclic amines) is 1. The van der Waals surface area contributed by atoms with Crippen LogP contribution in [0.15, 0.2) is 18.2 Å². The maximum absolute atomic E-state index is 13.9. The first-order chi connectivity index (χ1) is 9.43. The minimum atomic E-state index is -1.09. The van der Waals surface area contributed by atoms with Gasteiger partial charge >= 0.3 is 5.97 Å². The molecule has 0 aromatic heterocycles. The summed E-state index contributed by atoms with van der Waals surface area (Å²) < 4.78 is 13.9. The number of carbonyl (C=O) groups is 1. The summed E-state index contributed by atoms with van der Waals surface area (Å²) in [6.45, 7) is 7.05. The molecule has 1 aromatic rings. The van der Waals surface area contributed by atoms with Gasteiger partial charge in [0.25, 0.3) is 0 Å². The van der Waals surface area contributed by atoms with Gasteiger partial charge in [0.2, 0.25) is 0 Å². The first-order valence-electron chi connectivity index (χ1n) is 7.17. The van der Waals surface area contributed by atoms with Gasteiger partial charge < -0.3 is 5.11 Å². The number of hydrogen-bond acceptors (Lipinski definition) is 2. The lowest BCUT2D eigenvalue weighted by atomic mass is 9.78. The van der Waals surface area contributed by atoms with E-state index < -0.39 is 11.8 Å². The van der Waals surface area contributed by atoms with Crippen LogP contribution in [0.4, 0.5) is 4.39 Å². The van der Waals surface area contributed by atoms with E-state index in [9.17, 15) is 9.18 Å². The Kier molecular flexibility index (Phi) is 4.43. The predicted molar refractivity (Wildman–Crippen MR) is 76.3 cm³/mol. The third kappa shape index (κ3) is 3.37. The molecule has 0 atom stereocenters. The minimum absolute atomic E-state index is 0.00320. The highest BCUT2D eigenvalue weighted by Gasteiger charge is 2.28. The average Bonchev–Trinajstić information content (AvgIpc) is 2.43. The van der Waals surface area contributed by atoms with Crippen LogP contribution in [0, 0.1) is 11.2 Å². The van der Waals surface area contributed by atoms with E-state index in [-0.39, 0.29) is 5.56 Å². The van der Waals surface area contributed by atoms with E-state index in [0.29, 0.717) is 17.5 Å². The van der Waals surface area contributed by atoms with Gasteiger partial charge in [0.05, 0.1) is 5.56 Å². The Morgan fingerprint density at radius 3 is 2.55 bits per heavy atom. The summed E-state index contributed by atoms with van der Waals surface area (Å²) >= 11 is 0. The Morgan fingerprint density at radius 2 is 2.05 bits per heavy atom. The summed E-state index contributed by atoms with van der Waals surface area (Å²) in [5.74, 6) is -1.51. The average molecular weight is 279 g/mol. The molecular formula is C16H22FNO2. The van der Waals surface area contributed by atoms with Crippen molar-refractivity contribution in [3.63, 3.8) is 0 Å². The fraction of sp³-hybridized carbons (Fsp3) is 0.562. The molecule has 20 heavy (non-hydrogen) atoms. The van der Waals surface area contributed by atoms with Crippen molar-refractivity contribution in [1.29, 1.82) is 0 Å². The lowest BCUT2D eigenvalue weighted by Gasteiger charge is -2.39. The number of piperidine rings is 1. The molecule has 0 aliphatic carbocycles. The molecule has 0 unspecified atom stereocenters. The number of nitrogens with zero attached hydrogens (tertiary/aromatic N) is 1. The van der Waals surface area contributed by atoms with Crippen LogP contribution in [0.5, 0.6) is 0 Å². The monoisotopic (exact) mass is 279 g/mol. The van der Waals surface area contributed by atoms with Crippen LogP contribution in [0.2, 0.25) is 0 Å². The zero-order valence-electron chi connectivity index (χ0n) is 12.2. The third-order valence-electron chi connectivity index (χ3n) is 4.61. The Balaban J connectivity index is 2.00. The second kappa shape index (κ2) is 5.92. The molecule has 0 bridgehead atoms. The quantitative estimate of drug-likeness (QED) is 0.916. The van der Waals surface area contributed by atoms with Crippen LogP contribution in [-0.4, -0.2) is 29.1 Å². The van der Waals surface area contributed by atoms with E-state index in [1.54, 1.807) is 6.07 Å². The summed E-state index contributed by atoms with van der Waals surface area (Å²) in [5, 5.41) is 8.83. The molecule has 1 aliphatic heterocycles. The van der Waals surface area contributed by atoms with Crippen LogP contribution < -0.4 is 0 Å². The van der Waals surface area contributed by atoms with Crippen molar-refractivity contribution in [3.8, 4) is 0 Å². The molecule has 4 heteroatoms. The number of rotatable bonds is 4. The number of benzene rings is 1. The third-order valence-corrected chi connectivity index (χ3v) is 4.61. The molecule has 2 rings (SSSR count). The molecule has 1 N–H and O–H groups in total. The first-order valence-corrected chi connectivity index (χ1v) is 7.17. The number of carboxylic acid groups (broad SMARTS) is 1. The van der Waals surface area contributed by atoms with Gasteiger partial charge in [-0.15, -0.1) is 0 Å². The molecule has 0 spiro atoms. The van der Waals surface area contributed by atoms with Crippen LogP contribution in [0.25, 0.3) is 0 Å². The van der Waals surface area contributed by atoms with Gasteiger partial charge in [0.15, 0.2) is 0 Å². The zero-order chi connectivity index (χ0) is 14.8. The minimum Gasteiger partial charge on any atom is -0.478 e. The van der Waals surface area contributed by atoms with Crippen LogP contribution >= 0.6 is 0 Å². The maximum Gasteiger partial charge on any atom is 0.335 e. The first kappa shape index (κ1) is 15.0. The van der Waals surface area contributed by atoms with Crippen molar-refractivity contribution >= 4 is 5.97 Å². The van der Waals surface area contributed by atoms with Gasteiger partial charge in [-0.3, -0.25) is 4.90 Å². The number of aromatic carboxylic acids is 1. The summed E-state index contributed by atoms with van der Waals surface area (Å²) in [6, 6.07) is 4.17. The summed E-state index contributed by atoms with van der Waals surface area (Å²) in [5.41, 5.74) is 1.00. The molecule has 1 aliphatic rings. The van der Waals surface area contributed by atoms with Gasteiger partial charge in [-0.2, -0.15) is 0 Å². The van der Waals surface area contributed by atoms with Crippen LogP contribution in [0.3, 0.4) is 0 Å². The molecule has 110 valence electrons. The second-order valence-corrected chi connectivity index (χ2v) is 6.05. The lowest BCUT2D eigenvalue weighted by Crippen LogP contribution is -2.38. The summed E-state index contributed by atoms with van der Waals surface area (Å²) in [6.07, 6.45) is 3.46. The largest absolute Gasteiger partial charge is 0.478 e. The Labute approximate surface area is 119 Å². The number of carboxylic acids is 1. The van der Waals surface area contributed by atoms with Crippen LogP contribution in [-0.2, 0) is 6.54 Å². The maximum atomic E-state index is 13.9. The van der Waals surface area contributed by atoms with E-state index >= 15 is 0 Å². The van der Waals surface area contributed by atoms with Crippen LogP contribution in [0.1, 0.15) is 49.0 Å².